The van der Waals surface area contributed by atoms with Crippen molar-refractivity contribution in [3.63, 3.8) is 0 Å². The van der Waals surface area contributed by atoms with Crippen LogP contribution >= 0.6 is 0 Å². The lowest BCUT2D eigenvalue weighted by molar-refractivity contribution is -0.136. The van der Waals surface area contributed by atoms with Crippen LogP contribution < -0.4 is 5.73 Å². The molecule has 2 fully saturated rings. The molecule has 1 amide bonds. The lowest BCUT2D eigenvalue weighted by Gasteiger charge is -2.28. The molecule has 1 saturated heterocycles. The summed E-state index contributed by atoms with van der Waals surface area (Å²) in [5.41, 5.74) is 6.01. The Morgan fingerprint density at radius 1 is 1.41 bits per heavy atom. The van der Waals surface area contributed by atoms with Crippen LogP contribution in [0, 0.1) is 11.8 Å². The van der Waals surface area contributed by atoms with Gasteiger partial charge >= 0.3 is 0 Å². The quantitative estimate of drug-likeness (QED) is 0.797. The van der Waals surface area contributed by atoms with E-state index in [1.54, 1.807) is 0 Å². The van der Waals surface area contributed by atoms with E-state index in [1.807, 2.05) is 11.8 Å². The number of nitrogens with two attached hydrogens (primary N) is 1. The Morgan fingerprint density at radius 2 is 2.24 bits per heavy atom. The Hall–Kier alpha value is -0.610. The second-order valence-corrected chi connectivity index (χ2v) is 5.31. The summed E-state index contributed by atoms with van der Waals surface area (Å²) in [6.07, 6.45) is 4.15. The summed E-state index contributed by atoms with van der Waals surface area (Å²) in [7, 11) is 0. The molecule has 2 N–H and O–H groups in total. The molecule has 3 unspecified atom stereocenters. The van der Waals surface area contributed by atoms with Gasteiger partial charge in [0.1, 0.15) is 0 Å². The summed E-state index contributed by atoms with van der Waals surface area (Å²) < 4.78 is 5.37. The molecular weight excluding hydrogens is 216 g/mol. The van der Waals surface area contributed by atoms with Gasteiger partial charge in [0.05, 0.1) is 12.5 Å². The highest BCUT2D eigenvalue weighted by Gasteiger charge is 2.33. The van der Waals surface area contributed by atoms with Crippen molar-refractivity contribution in [1.82, 2.24) is 4.90 Å². The zero-order valence-corrected chi connectivity index (χ0v) is 10.7. The highest BCUT2D eigenvalue weighted by atomic mass is 16.5. The van der Waals surface area contributed by atoms with E-state index in [4.69, 9.17) is 10.5 Å². The van der Waals surface area contributed by atoms with Gasteiger partial charge in [0.25, 0.3) is 0 Å². The fraction of sp³-hybridized carbons (Fsp3) is 0.923. The highest BCUT2D eigenvalue weighted by Crippen LogP contribution is 2.26. The summed E-state index contributed by atoms with van der Waals surface area (Å²) in [5.74, 6) is 0.859. The Bertz CT molecular complexity index is 264. The van der Waals surface area contributed by atoms with Crippen LogP contribution in [0.5, 0.6) is 0 Å². The molecule has 4 nitrogen and oxygen atoms in total. The lowest BCUT2D eigenvalue weighted by atomic mass is 10.0. The molecule has 1 heterocycles. The Balaban J connectivity index is 1.89. The standard InChI is InChI=1S/C13H24N2O2/c1-2-15(8-10-6-7-17-9-10)13(16)11-4-3-5-12(11)14/h10-12H,2-9,14H2,1H3. The minimum Gasteiger partial charge on any atom is -0.381 e. The number of hydrogen-bond acceptors (Lipinski definition) is 3. The smallest absolute Gasteiger partial charge is 0.227 e. The number of nitrogens with zero attached hydrogens (tertiary/aromatic N) is 1. The Labute approximate surface area is 103 Å². The van der Waals surface area contributed by atoms with Crippen molar-refractivity contribution in [3.05, 3.63) is 0 Å². The van der Waals surface area contributed by atoms with Gasteiger partial charge in [-0.3, -0.25) is 4.79 Å². The maximum absolute atomic E-state index is 12.4. The number of carbonyl (C=O) groups is 1. The van der Waals surface area contributed by atoms with Gasteiger partial charge in [-0.05, 0) is 26.2 Å². The molecule has 4 heteroatoms. The van der Waals surface area contributed by atoms with Gasteiger partial charge < -0.3 is 15.4 Å². The first-order valence-electron chi connectivity index (χ1n) is 6.84. The molecule has 1 saturated carbocycles. The summed E-state index contributed by atoms with van der Waals surface area (Å²) in [5, 5.41) is 0. The maximum atomic E-state index is 12.4. The number of ether oxygens (including phenoxy) is 1. The fourth-order valence-corrected chi connectivity index (χ4v) is 2.94. The summed E-state index contributed by atoms with van der Waals surface area (Å²) in [4.78, 5) is 14.4. The van der Waals surface area contributed by atoms with Crippen molar-refractivity contribution in [2.45, 2.75) is 38.6 Å². The van der Waals surface area contributed by atoms with Crippen molar-refractivity contribution >= 4 is 5.91 Å². The van der Waals surface area contributed by atoms with E-state index in [2.05, 4.69) is 0 Å². The van der Waals surface area contributed by atoms with Gasteiger partial charge in [-0.25, -0.2) is 0 Å². The van der Waals surface area contributed by atoms with Gasteiger partial charge in [0.15, 0.2) is 0 Å². The molecule has 0 aromatic rings. The topological polar surface area (TPSA) is 55.6 Å². The summed E-state index contributed by atoms with van der Waals surface area (Å²) in [6, 6.07) is 0.0800. The average Bonchev–Trinajstić information content (AvgIpc) is 2.96. The van der Waals surface area contributed by atoms with Crippen molar-refractivity contribution in [2.24, 2.45) is 17.6 Å². The molecule has 0 radical (unpaired) electrons. The predicted molar refractivity (Wildman–Crippen MR) is 66.5 cm³/mol. The summed E-state index contributed by atoms with van der Waals surface area (Å²) in [6.45, 7) is 5.34. The van der Waals surface area contributed by atoms with Gasteiger partial charge in [-0.1, -0.05) is 6.42 Å². The maximum Gasteiger partial charge on any atom is 0.227 e. The molecule has 98 valence electrons. The molecule has 2 aliphatic rings. The molecule has 0 bridgehead atoms. The van der Waals surface area contributed by atoms with Gasteiger partial charge in [0.2, 0.25) is 5.91 Å². The fourth-order valence-electron chi connectivity index (χ4n) is 2.94. The normalized spacial score (nSPS) is 32.9. The van der Waals surface area contributed by atoms with Crippen LogP contribution in [0.15, 0.2) is 0 Å². The van der Waals surface area contributed by atoms with Gasteiger partial charge in [-0.2, -0.15) is 0 Å². The molecule has 3 atom stereocenters. The molecular formula is C13H24N2O2. The van der Waals surface area contributed by atoms with E-state index in [0.29, 0.717) is 5.92 Å². The SMILES string of the molecule is CCN(CC1CCOC1)C(=O)C1CCCC1N. The van der Waals surface area contributed by atoms with Crippen LogP contribution in [0.1, 0.15) is 32.6 Å². The third-order valence-corrected chi connectivity index (χ3v) is 4.08. The van der Waals surface area contributed by atoms with Crippen molar-refractivity contribution < 1.29 is 9.53 Å². The van der Waals surface area contributed by atoms with Crippen LogP contribution in [0.4, 0.5) is 0 Å². The van der Waals surface area contributed by atoms with Gasteiger partial charge in [0, 0.05) is 31.7 Å². The summed E-state index contributed by atoms with van der Waals surface area (Å²) >= 11 is 0. The first kappa shape index (κ1) is 12.8. The van der Waals surface area contributed by atoms with Crippen LogP contribution in [0.25, 0.3) is 0 Å². The van der Waals surface area contributed by atoms with E-state index in [0.717, 1.165) is 52.0 Å². The molecule has 0 aromatic heterocycles. The third kappa shape index (κ3) is 2.99. The zero-order valence-electron chi connectivity index (χ0n) is 10.7. The lowest BCUT2D eigenvalue weighted by Crippen LogP contribution is -2.43. The molecule has 17 heavy (non-hydrogen) atoms. The number of carbonyl (C=O) groups excluding carboxylic acids is 1. The van der Waals surface area contributed by atoms with Crippen LogP contribution in [-0.2, 0) is 9.53 Å². The predicted octanol–water partition coefficient (Wildman–Crippen LogP) is 0.999. The van der Waals surface area contributed by atoms with Crippen LogP contribution in [0.3, 0.4) is 0 Å². The number of amides is 1. The minimum absolute atomic E-state index is 0.0669. The second-order valence-electron chi connectivity index (χ2n) is 5.31. The van der Waals surface area contributed by atoms with Gasteiger partial charge in [-0.15, -0.1) is 0 Å². The first-order chi connectivity index (χ1) is 8.22. The van der Waals surface area contributed by atoms with E-state index < -0.39 is 0 Å². The van der Waals surface area contributed by atoms with Crippen molar-refractivity contribution in [3.8, 4) is 0 Å². The molecule has 0 aromatic carbocycles. The Morgan fingerprint density at radius 3 is 2.76 bits per heavy atom. The Kier molecular flexibility index (Phi) is 4.40. The molecule has 0 spiro atoms. The van der Waals surface area contributed by atoms with E-state index in [-0.39, 0.29) is 17.9 Å². The monoisotopic (exact) mass is 240 g/mol. The minimum atomic E-state index is 0.0669. The third-order valence-electron chi connectivity index (χ3n) is 4.08. The largest absolute Gasteiger partial charge is 0.381 e. The van der Waals surface area contributed by atoms with Crippen molar-refractivity contribution in [1.29, 1.82) is 0 Å². The zero-order chi connectivity index (χ0) is 12.3. The van der Waals surface area contributed by atoms with Crippen LogP contribution in [-0.4, -0.2) is 43.2 Å². The van der Waals surface area contributed by atoms with Crippen LogP contribution in [0.2, 0.25) is 0 Å². The number of rotatable bonds is 4. The average molecular weight is 240 g/mol. The van der Waals surface area contributed by atoms with E-state index in [9.17, 15) is 4.79 Å². The van der Waals surface area contributed by atoms with E-state index in [1.165, 1.54) is 0 Å². The van der Waals surface area contributed by atoms with E-state index >= 15 is 0 Å². The second kappa shape index (κ2) is 5.83. The molecule has 2 rings (SSSR count). The number of hydrogen-bond donors (Lipinski definition) is 1. The van der Waals surface area contributed by atoms with Crippen molar-refractivity contribution in [2.75, 3.05) is 26.3 Å². The molecule has 1 aliphatic carbocycles. The first-order valence-corrected chi connectivity index (χ1v) is 6.84. The highest BCUT2D eigenvalue weighted by molar-refractivity contribution is 5.79. The molecule has 1 aliphatic heterocycles.